The molecular formula is C14H20Cl3NO. The standard InChI is InChI=1S/C14H19Cl2NO.ClH/c15-12-6-11(14(18)13(16)7-12)9-17-8-10-4-2-1-3-5-10;/h6-7,10,17-18H,1-5,8-9H2;1H. The van der Waals surface area contributed by atoms with Gasteiger partial charge in [-0.2, -0.15) is 0 Å². The zero-order valence-corrected chi connectivity index (χ0v) is 13.1. The first-order chi connectivity index (χ1) is 8.66. The summed E-state index contributed by atoms with van der Waals surface area (Å²) in [5.41, 5.74) is 0.767. The molecule has 0 aliphatic heterocycles. The Morgan fingerprint density at radius 2 is 1.84 bits per heavy atom. The third-order valence-electron chi connectivity index (χ3n) is 3.58. The summed E-state index contributed by atoms with van der Waals surface area (Å²) in [6, 6.07) is 3.32. The van der Waals surface area contributed by atoms with Crippen molar-refractivity contribution in [2.75, 3.05) is 6.54 Å². The van der Waals surface area contributed by atoms with Gasteiger partial charge in [0.05, 0.1) is 5.02 Å². The van der Waals surface area contributed by atoms with Gasteiger partial charge in [-0.25, -0.2) is 0 Å². The molecule has 1 saturated carbocycles. The molecule has 1 aromatic rings. The lowest BCUT2D eigenvalue weighted by Crippen LogP contribution is -2.24. The molecule has 1 aliphatic carbocycles. The number of nitrogens with one attached hydrogen (secondary N) is 1. The normalized spacial score (nSPS) is 16.1. The Hall–Kier alpha value is -0.150. The molecule has 5 heteroatoms. The van der Waals surface area contributed by atoms with Crippen LogP contribution in [0, 0.1) is 5.92 Å². The lowest BCUT2D eigenvalue weighted by molar-refractivity contribution is 0.341. The van der Waals surface area contributed by atoms with Crippen molar-refractivity contribution in [3.8, 4) is 5.75 Å². The van der Waals surface area contributed by atoms with Crippen LogP contribution in [0.2, 0.25) is 10.0 Å². The minimum absolute atomic E-state index is 0. The van der Waals surface area contributed by atoms with E-state index in [1.807, 2.05) is 0 Å². The van der Waals surface area contributed by atoms with Crippen molar-refractivity contribution >= 4 is 35.6 Å². The van der Waals surface area contributed by atoms with Crippen LogP contribution < -0.4 is 5.32 Å². The van der Waals surface area contributed by atoms with Crippen LogP contribution in [-0.2, 0) is 6.54 Å². The third-order valence-corrected chi connectivity index (χ3v) is 4.09. The van der Waals surface area contributed by atoms with E-state index >= 15 is 0 Å². The lowest BCUT2D eigenvalue weighted by Gasteiger charge is -2.22. The molecule has 0 radical (unpaired) electrons. The molecule has 0 spiro atoms. The Morgan fingerprint density at radius 1 is 1.16 bits per heavy atom. The van der Waals surface area contributed by atoms with Crippen LogP contribution in [-0.4, -0.2) is 11.7 Å². The number of aromatic hydroxyl groups is 1. The van der Waals surface area contributed by atoms with Gasteiger partial charge in [0, 0.05) is 17.1 Å². The van der Waals surface area contributed by atoms with Gasteiger partial charge in [-0.05, 0) is 37.4 Å². The summed E-state index contributed by atoms with van der Waals surface area (Å²) in [5.74, 6) is 0.910. The number of phenols is 1. The molecule has 0 bridgehead atoms. The van der Waals surface area contributed by atoms with E-state index in [9.17, 15) is 5.11 Å². The van der Waals surface area contributed by atoms with Crippen molar-refractivity contribution in [1.29, 1.82) is 0 Å². The van der Waals surface area contributed by atoms with Crippen molar-refractivity contribution in [1.82, 2.24) is 5.32 Å². The summed E-state index contributed by atoms with van der Waals surface area (Å²) in [7, 11) is 0. The summed E-state index contributed by atoms with van der Waals surface area (Å²) in [6.45, 7) is 1.62. The highest BCUT2D eigenvalue weighted by atomic mass is 35.5. The van der Waals surface area contributed by atoms with Gasteiger partial charge in [-0.3, -0.25) is 0 Å². The first kappa shape index (κ1) is 16.9. The molecule has 0 unspecified atom stereocenters. The Morgan fingerprint density at radius 3 is 2.53 bits per heavy atom. The summed E-state index contributed by atoms with van der Waals surface area (Å²) >= 11 is 11.8. The highest BCUT2D eigenvalue weighted by molar-refractivity contribution is 6.35. The summed E-state index contributed by atoms with van der Waals surface area (Å²) < 4.78 is 0. The zero-order chi connectivity index (χ0) is 13.0. The topological polar surface area (TPSA) is 32.3 Å². The van der Waals surface area contributed by atoms with Gasteiger partial charge in [0.2, 0.25) is 0 Å². The fourth-order valence-electron chi connectivity index (χ4n) is 2.56. The molecule has 19 heavy (non-hydrogen) atoms. The minimum atomic E-state index is 0. The molecule has 0 atom stereocenters. The Labute approximate surface area is 130 Å². The Bertz CT molecular complexity index is 406. The number of benzene rings is 1. The lowest BCUT2D eigenvalue weighted by atomic mass is 9.89. The van der Waals surface area contributed by atoms with Crippen LogP contribution >= 0.6 is 35.6 Å². The van der Waals surface area contributed by atoms with Gasteiger partial charge in [-0.15, -0.1) is 12.4 Å². The first-order valence-corrected chi connectivity index (χ1v) is 7.30. The van der Waals surface area contributed by atoms with E-state index in [4.69, 9.17) is 23.2 Å². The van der Waals surface area contributed by atoms with Crippen molar-refractivity contribution in [2.24, 2.45) is 5.92 Å². The first-order valence-electron chi connectivity index (χ1n) is 6.54. The SMILES string of the molecule is Cl.Oc1c(Cl)cc(Cl)cc1CNCC1CCCCC1. The Balaban J connectivity index is 0.00000180. The van der Waals surface area contributed by atoms with Crippen LogP contribution in [0.5, 0.6) is 5.75 Å². The van der Waals surface area contributed by atoms with Crippen molar-refractivity contribution in [3.63, 3.8) is 0 Å². The maximum Gasteiger partial charge on any atom is 0.138 e. The number of hydrogen-bond acceptors (Lipinski definition) is 2. The van der Waals surface area contributed by atoms with Crippen LogP contribution in [0.4, 0.5) is 0 Å². The predicted molar refractivity (Wildman–Crippen MR) is 83.7 cm³/mol. The molecule has 1 aromatic carbocycles. The van der Waals surface area contributed by atoms with Crippen LogP contribution in [0.15, 0.2) is 12.1 Å². The monoisotopic (exact) mass is 323 g/mol. The molecule has 1 fully saturated rings. The summed E-state index contributed by atoms with van der Waals surface area (Å²) in [6.07, 6.45) is 6.70. The van der Waals surface area contributed by atoms with Gasteiger partial charge < -0.3 is 10.4 Å². The average Bonchev–Trinajstić information content (AvgIpc) is 2.36. The van der Waals surface area contributed by atoms with Crippen molar-refractivity contribution < 1.29 is 5.11 Å². The smallest absolute Gasteiger partial charge is 0.138 e. The molecule has 0 saturated heterocycles. The van der Waals surface area contributed by atoms with Crippen LogP contribution in [0.25, 0.3) is 0 Å². The molecule has 2 nitrogen and oxygen atoms in total. The van der Waals surface area contributed by atoms with Crippen molar-refractivity contribution in [2.45, 2.75) is 38.6 Å². The molecule has 0 amide bonds. The van der Waals surface area contributed by atoms with Gasteiger partial charge in [0.1, 0.15) is 5.75 Å². The van der Waals surface area contributed by atoms with Gasteiger partial charge in [0.15, 0.2) is 0 Å². The van der Waals surface area contributed by atoms with E-state index in [2.05, 4.69) is 5.32 Å². The van der Waals surface area contributed by atoms with Gasteiger partial charge in [0.25, 0.3) is 0 Å². The number of phenolic OH excluding ortho intramolecular Hbond substituents is 1. The highest BCUT2D eigenvalue weighted by Crippen LogP contribution is 2.31. The second kappa shape index (κ2) is 8.21. The van der Waals surface area contributed by atoms with E-state index < -0.39 is 0 Å². The molecule has 0 heterocycles. The van der Waals surface area contributed by atoms with Gasteiger partial charge in [-0.1, -0.05) is 42.5 Å². The van der Waals surface area contributed by atoms with E-state index in [0.29, 0.717) is 16.6 Å². The fraction of sp³-hybridized carbons (Fsp3) is 0.571. The average molecular weight is 325 g/mol. The molecule has 0 aromatic heterocycles. The van der Waals surface area contributed by atoms with E-state index in [1.54, 1.807) is 12.1 Å². The van der Waals surface area contributed by atoms with Crippen LogP contribution in [0.3, 0.4) is 0 Å². The van der Waals surface area contributed by atoms with E-state index in [-0.39, 0.29) is 18.2 Å². The largest absolute Gasteiger partial charge is 0.506 e. The number of hydrogen-bond donors (Lipinski definition) is 2. The summed E-state index contributed by atoms with van der Waals surface area (Å²) in [5, 5.41) is 14.1. The highest BCUT2D eigenvalue weighted by Gasteiger charge is 2.13. The molecule has 2 rings (SSSR count). The maximum atomic E-state index is 9.83. The number of halogens is 3. The third kappa shape index (κ3) is 5.03. The maximum absolute atomic E-state index is 9.83. The molecule has 1 aliphatic rings. The molecule has 2 N–H and O–H groups in total. The van der Waals surface area contributed by atoms with E-state index in [1.165, 1.54) is 32.1 Å². The second-order valence-electron chi connectivity index (χ2n) is 5.03. The van der Waals surface area contributed by atoms with E-state index in [0.717, 1.165) is 18.0 Å². The second-order valence-corrected chi connectivity index (χ2v) is 5.87. The Kier molecular flexibility index (Phi) is 7.30. The zero-order valence-electron chi connectivity index (χ0n) is 10.8. The quantitative estimate of drug-likeness (QED) is 0.834. The van der Waals surface area contributed by atoms with Crippen molar-refractivity contribution in [3.05, 3.63) is 27.7 Å². The molecular weight excluding hydrogens is 305 g/mol. The summed E-state index contributed by atoms with van der Waals surface area (Å²) in [4.78, 5) is 0. The molecule has 108 valence electrons. The number of rotatable bonds is 4. The minimum Gasteiger partial charge on any atom is -0.506 e. The van der Waals surface area contributed by atoms with Gasteiger partial charge >= 0.3 is 0 Å². The van der Waals surface area contributed by atoms with Crippen LogP contribution in [0.1, 0.15) is 37.7 Å². The fourth-order valence-corrected chi connectivity index (χ4v) is 3.09. The predicted octanol–water partition coefficient (Wildman–Crippen LogP) is 4.79.